The molecule has 0 bridgehead atoms. The highest BCUT2D eigenvalue weighted by atomic mass is 32.2. The summed E-state index contributed by atoms with van der Waals surface area (Å²) in [5.41, 5.74) is 0.915. The molecule has 23 heavy (non-hydrogen) atoms. The molecule has 8 heteroatoms. The summed E-state index contributed by atoms with van der Waals surface area (Å²) in [6.45, 7) is -0.287. The molecule has 2 aromatic rings. The van der Waals surface area contributed by atoms with E-state index in [-0.39, 0.29) is 16.6 Å². The molecule has 120 valence electrons. The van der Waals surface area contributed by atoms with E-state index < -0.39 is 15.9 Å². The molecule has 0 radical (unpaired) electrons. The predicted octanol–water partition coefficient (Wildman–Crippen LogP) is 1.31. The standard InChI is InChI=1S/C15H15N3O3S2/c1-17(2)12-7-3-6-11-10(12)5-4-8-13(11)23(20,21)18-9-14(19)16-15(18)22/h3-8H,9H2,1-2H3,(H,16,19,22). The van der Waals surface area contributed by atoms with Gasteiger partial charge in [-0.1, -0.05) is 24.3 Å². The second-order valence-corrected chi connectivity index (χ2v) is 7.61. The molecular formula is C15H15N3O3S2. The fraction of sp³-hybridized carbons (Fsp3) is 0.200. The summed E-state index contributed by atoms with van der Waals surface area (Å²) in [5, 5.41) is 3.68. The summed E-state index contributed by atoms with van der Waals surface area (Å²) in [4.78, 5) is 13.5. The van der Waals surface area contributed by atoms with Gasteiger partial charge < -0.3 is 10.2 Å². The highest BCUT2D eigenvalue weighted by Crippen LogP contribution is 2.32. The van der Waals surface area contributed by atoms with Crippen LogP contribution < -0.4 is 10.2 Å². The zero-order valence-electron chi connectivity index (χ0n) is 12.6. The number of benzene rings is 2. The van der Waals surface area contributed by atoms with Crippen LogP contribution in [0.3, 0.4) is 0 Å². The number of anilines is 1. The molecule has 2 aromatic carbocycles. The highest BCUT2D eigenvalue weighted by Gasteiger charge is 2.35. The van der Waals surface area contributed by atoms with Gasteiger partial charge in [-0.3, -0.25) is 4.79 Å². The number of hydrogen-bond acceptors (Lipinski definition) is 5. The van der Waals surface area contributed by atoms with Crippen molar-refractivity contribution in [3.63, 3.8) is 0 Å². The smallest absolute Gasteiger partial charge is 0.267 e. The maximum atomic E-state index is 12.9. The Morgan fingerprint density at radius 2 is 1.78 bits per heavy atom. The summed E-state index contributed by atoms with van der Waals surface area (Å²) in [6.07, 6.45) is 0. The number of nitrogens with zero attached hydrogens (tertiary/aromatic N) is 2. The van der Waals surface area contributed by atoms with Gasteiger partial charge in [0.2, 0.25) is 5.91 Å². The number of rotatable bonds is 3. The van der Waals surface area contributed by atoms with Gasteiger partial charge in [-0.05, 0) is 24.4 Å². The van der Waals surface area contributed by atoms with E-state index in [0.29, 0.717) is 5.39 Å². The molecule has 1 aliphatic heterocycles. The second-order valence-electron chi connectivity index (χ2n) is 5.39. The van der Waals surface area contributed by atoms with E-state index in [2.05, 4.69) is 5.32 Å². The summed E-state index contributed by atoms with van der Waals surface area (Å²) < 4.78 is 26.8. The van der Waals surface area contributed by atoms with Crippen LogP contribution in [-0.4, -0.2) is 44.4 Å². The SMILES string of the molecule is CN(C)c1cccc2c(S(=O)(=O)N3CC(=O)NC3=S)cccc12. The van der Waals surface area contributed by atoms with Crippen LogP contribution in [0, 0.1) is 0 Å². The Hall–Kier alpha value is -2.19. The van der Waals surface area contributed by atoms with Crippen molar-refractivity contribution in [1.82, 2.24) is 9.62 Å². The normalized spacial score (nSPS) is 15.1. The largest absolute Gasteiger partial charge is 0.377 e. The number of sulfonamides is 1. The highest BCUT2D eigenvalue weighted by molar-refractivity contribution is 7.91. The minimum absolute atomic E-state index is 0.0873. The lowest BCUT2D eigenvalue weighted by molar-refractivity contribution is -0.118. The number of amides is 1. The van der Waals surface area contributed by atoms with E-state index in [1.807, 2.05) is 37.2 Å². The third kappa shape index (κ3) is 2.53. The predicted molar refractivity (Wildman–Crippen MR) is 92.9 cm³/mol. The van der Waals surface area contributed by atoms with Gasteiger partial charge >= 0.3 is 0 Å². The first-order chi connectivity index (χ1) is 10.8. The average molecular weight is 349 g/mol. The Bertz CT molecular complexity index is 923. The van der Waals surface area contributed by atoms with Crippen LogP contribution >= 0.6 is 12.2 Å². The van der Waals surface area contributed by atoms with Gasteiger partial charge in [0.15, 0.2) is 5.11 Å². The minimum Gasteiger partial charge on any atom is -0.377 e. The van der Waals surface area contributed by atoms with E-state index in [4.69, 9.17) is 12.2 Å². The first kappa shape index (κ1) is 15.7. The van der Waals surface area contributed by atoms with Crippen molar-refractivity contribution in [3.05, 3.63) is 36.4 Å². The van der Waals surface area contributed by atoms with Crippen LogP contribution in [0.2, 0.25) is 0 Å². The van der Waals surface area contributed by atoms with E-state index in [9.17, 15) is 13.2 Å². The van der Waals surface area contributed by atoms with Crippen LogP contribution in [0.25, 0.3) is 10.8 Å². The zero-order chi connectivity index (χ0) is 16.8. The zero-order valence-corrected chi connectivity index (χ0v) is 14.2. The maximum absolute atomic E-state index is 12.9. The number of carbonyl (C=O) groups is 1. The molecule has 0 aromatic heterocycles. The molecule has 0 atom stereocenters. The van der Waals surface area contributed by atoms with Gasteiger partial charge in [0.1, 0.15) is 6.54 Å². The Balaban J connectivity index is 2.23. The van der Waals surface area contributed by atoms with E-state index in [0.717, 1.165) is 15.4 Å². The van der Waals surface area contributed by atoms with Gasteiger partial charge in [-0.2, -0.15) is 0 Å². The third-order valence-corrected chi connectivity index (χ3v) is 5.91. The quantitative estimate of drug-likeness (QED) is 0.846. The molecule has 3 rings (SSSR count). The molecule has 6 nitrogen and oxygen atoms in total. The molecule has 1 amide bonds. The number of carbonyl (C=O) groups excluding carboxylic acids is 1. The van der Waals surface area contributed by atoms with Crippen LogP contribution in [-0.2, 0) is 14.8 Å². The Morgan fingerprint density at radius 1 is 1.13 bits per heavy atom. The van der Waals surface area contributed by atoms with Crippen LogP contribution in [0.4, 0.5) is 5.69 Å². The van der Waals surface area contributed by atoms with Crippen molar-refractivity contribution in [2.75, 3.05) is 25.5 Å². The summed E-state index contributed by atoms with van der Waals surface area (Å²) >= 11 is 4.96. The van der Waals surface area contributed by atoms with Crippen LogP contribution in [0.5, 0.6) is 0 Å². The average Bonchev–Trinajstić information content (AvgIpc) is 2.85. The van der Waals surface area contributed by atoms with Gasteiger partial charge in [-0.15, -0.1) is 0 Å². The molecule has 0 unspecified atom stereocenters. The molecule has 0 spiro atoms. The Kier molecular flexibility index (Phi) is 3.73. The van der Waals surface area contributed by atoms with Gasteiger partial charge in [0, 0.05) is 30.6 Å². The molecule has 1 heterocycles. The monoisotopic (exact) mass is 349 g/mol. The molecule has 0 aliphatic carbocycles. The third-order valence-electron chi connectivity index (χ3n) is 3.67. The summed E-state index contributed by atoms with van der Waals surface area (Å²) in [7, 11) is -0.106. The first-order valence-corrected chi connectivity index (χ1v) is 8.73. The van der Waals surface area contributed by atoms with Crippen molar-refractivity contribution in [2.24, 2.45) is 0 Å². The Morgan fingerprint density at radius 3 is 2.39 bits per heavy atom. The number of hydrogen-bond donors (Lipinski definition) is 1. The molecule has 1 aliphatic rings. The van der Waals surface area contributed by atoms with Crippen molar-refractivity contribution in [2.45, 2.75) is 4.90 Å². The second kappa shape index (κ2) is 5.47. The van der Waals surface area contributed by atoms with Crippen LogP contribution in [0.15, 0.2) is 41.3 Å². The lowest BCUT2D eigenvalue weighted by atomic mass is 10.1. The fourth-order valence-electron chi connectivity index (χ4n) is 2.62. The lowest BCUT2D eigenvalue weighted by Crippen LogP contribution is -2.34. The fourth-order valence-corrected chi connectivity index (χ4v) is 4.58. The number of thiocarbonyl (C=S) groups is 1. The molecule has 1 fully saturated rings. The molecule has 0 saturated carbocycles. The molecule has 1 N–H and O–H groups in total. The van der Waals surface area contributed by atoms with Gasteiger partial charge in [0.25, 0.3) is 10.0 Å². The minimum atomic E-state index is -3.90. The van der Waals surface area contributed by atoms with E-state index in [1.165, 1.54) is 6.07 Å². The van der Waals surface area contributed by atoms with E-state index >= 15 is 0 Å². The van der Waals surface area contributed by atoms with Crippen molar-refractivity contribution < 1.29 is 13.2 Å². The molecule has 1 saturated heterocycles. The Labute approximate surface area is 139 Å². The summed E-state index contributed by atoms with van der Waals surface area (Å²) in [6, 6.07) is 10.6. The maximum Gasteiger partial charge on any atom is 0.267 e. The van der Waals surface area contributed by atoms with Crippen molar-refractivity contribution >= 4 is 49.7 Å². The van der Waals surface area contributed by atoms with Crippen molar-refractivity contribution in [3.8, 4) is 0 Å². The molecular weight excluding hydrogens is 334 g/mol. The van der Waals surface area contributed by atoms with Gasteiger partial charge in [-0.25, -0.2) is 12.7 Å². The first-order valence-electron chi connectivity index (χ1n) is 6.88. The van der Waals surface area contributed by atoms with E-state index in [1.54, 1.807) is 12.1 Å². The van der Waals surface area contributed by atoms with Crippen LogP contribution in [0.1, 0.15) is 0 Å². The van der Waals surface area contributed by atoms with Gasteiger partial charge in [0.05, 0.1) is 4.90 Å². The number of nitrogens with one attached hydrogen (secondary N) is 1. The topological polar surface area (TPSA) is 69.7 Å². The summed E-state index contributed by atoms with van der Waals surface area (Å²) in [5.74, 6) is -0.423. The lowest BCUT2D eigenvalue weighted by Gasteiger charge is -2.20. The van der Waals surface area contributed by atoms with Crippen molar-refractivity contribution in [1.29, 1.82) is 0 Å². The number of fused-ring (bicyclic) bond motifs is 1.